The van der Waals surface area contributed by atoms with Gasteiger partial charge < -0.3 is 14.2 Å². The molecule has 0 spiro atoms. The molecule has 0 aromatic rings. The van der Waals surface area contributed by atoms with Crippen molar-refractivity contribution < 1.29 is 19.0 Å². The van der Waals surface area contributed by atoms with Crippen LogP contribution < -0.4 is 0 Å². The van der Waals surface area contributed by atoms with Gasteiger partial charge in [0, 0.05) is 6.61 Å². The molecule has 1 aliphatic heterocycles. The summed E-state index contributed by atoms with van der Waals surface area (Å²) in [5.74, 6) is -0.248. The first-order chi connectivity index (χ1) is 7.77. The van der Waals surface area contributed by atoms with E-state index < -0.39 is 6.10 Å². The molecule has 1 aliphatic rings. The molecule has 2 unspecified atom stereocenters. The van der Waals surface area contributed by atoms with Crippen LogP contribution in [-0.4, -0.2) is 38.0 Å². The number of hydrogen-bond donors (Lipinski definition) is 0. The summed E-state index contributed by atoms with van der Waals surface area (Å²) in [6.07, 6.45) is 3.48. The van der Waals surface area contributed by atoms with E-state index in [1.165, 1.54) is 0 Å². The summed E-state index contributed by atoms with van der Waals surface area (Å²) < 4.78 is 16.0. The third kappa shape index (κ3) is 4.49. The average molecular weight is 230 g/mol. The van der Waals surface area contributed by atoms with Gasteiger partial charge in [-0.3, -0.25) is 0 Å². The van der Waals surface area contributed by atoms with Crippen molar-refractivity contribution in [3.05, 3.63) is 0 Å². The van der Waals surface area contributed by atoms with E-state index in [9.17, 15) is 4.79 Å². The summed E-state index contributed by atoms with van der Waals surface area (Å²) in [4.78, 5) is 11.5. The van der Waals surface area contributed by atoms with Gasteiger partial charge in [-0.2, -0.15) is 0 Å². The fraction of sp³-hybridized carbons (Fsp3) is 0.917. The van der Waals surface area contributed by atoms with Crippen LogP contribution in [-0.2, 0) is 19.0 Å². The molecular formula is C12H22O4. The van der Waals surface area contributed by atoms with Crippen molar-refractivity contribution in [3.8, 4) is 0 Å². The fourth-order valence-electron chi connectivity index (χ4n) is 1.77. The van der Waals surface area contributed by atoms with E-state index in [1.807, 2.05) is 6.92 Å². The molecule has 0 aromatic heterocycles. The van der Waals surface area contributed by atoms with Gasteiger partial charge >= 0.3 is 5.97 Å². The first kappa shape index (κ1) is 13.5. The second-order valence-corrected chi connectivity index (χ2v) is 4.00. The van der Waals surface area contributed by atoms with Gasteiger partial charge in [-0.15, -0.1) is 0 Å². The third-order valence-electron chi connectivity index (χ3n) is 2.61. The maximum absolute atomic E-state index is 11.5. The molecule has 0 saturated carbocycles. The van der Waals surface area contributed by atoms with Gasteiger partial charge in [-0.1, -0.05) is 13.3 Å². The fourth-order valence-corrected chi connectivity index (χ4v) is 1.77. The SMILES string of the molecule is CCCC(OCC1CCCO1)C(=O)OCC. The van der Waals surface area contributed by atoms with Gasteiger partial charge in [0.05, 0.1) is 19.3 Å². The first-order valence-corrected chi connectivity index (χ1v) is 6.17. The van der Waals surface area contributed by atoms with Gasteiger partial charge in [0.1, 0.15) is 0 Å². The van der Waals surface area contributed by atoms with Gasteiger partial charge in [0.25, 0.3) is 0 Å². The second-order valence-electron chi connectivity index (χ2n) is 4.00. The van der Waals surface area contributed by atoms with Crippen molar-refractivity contribution >= 4 is 5.97 Å². The second kappa shape index (κ2) is 7.63. The predicted molar refractivity (Wildman–Crippen MR) is 60.3 cm³/mol. The summed E-state index contributed by atoms with van der Waals surface area (Å²) in [5.41, 5.74) is 0. The Morgan fingerprint density at radius 1 is 1.50 bits per heavy atom. The van der Waals surface area contributed by atoms with Crippen LogP contribution in [0.2, 0.25) is 0 Å². The monoisotopic (exact) mass is 230 g/mol. The van der Waals surface area contributed by atoms with Crippen LogP contribution in [0.3, 0.4) is 0 Å². The normalized spacial score (nSPS) is 22.0. The molecule has 4 nitrogen and oxygen atoms in total. The number of esters is 1. The quantitative estimate of drug-likeness (QED) is 0.627. The van der Waals surface area contributed by atoms with E-state index in [-0.39, 0.29) is 12.1 Å². The lowest BCUT2D eigenvalue weighted by Crippen LogP contribution is -2.29. The highest BCUT2D eigenvalue weighted by molar-refractivity contribution is 5.74. The van der Waals surface area contributed by atoms with Crippen molar-refractivity contribution in [1.82, 2.24) is 0 Å². The van der Waals surface area contributed by atoms with Crippen molar-refractivity contribution in [3.63, 3.8) is 0 Å². The minimum atomic E-state index is -0.422. The molecule has 1 heterocycles. The lowest BCUT2D eigenvalue weighted by Gasteiger charge is -2.18. The number of rotatable bonds is 7. The van der Waals surface area contributed by atoms with Crippen LogP contribution in [0.25, 0.3) is 0 Å². The predicted octanol–water partition coefficient (Wildman–Crippen LogP) is 1.91. The smallest absolute Gasteiger partial charge is 0.335 e. The van der Waals surface area contributed by atoms with Crippen LogP contribution in [0.1, 0.15) is 39.5 Å². The minimum absolute atomic E-state index is 0.161. The summed E-state index contributed by atoms with van der Waals surface area (Å²) in [7, 11) is 0. The highest BCUT2D eigenvalue weighted by atomic mass is 16.6. The molecule has 0 radical (unpaired) electrons. The Morgan fingerprint density at radius 3 is 2.88 bits per heavy atom. The van der Waals surface area contributed by atoms with Crippen molar-refractivity contribution in [1.29, 1.82) is 0 Å². The largest absolute Gasteiger partial charge is 0.464 e. The van der Waals surface area contributed by atoms with Crippen LogP contribution in [0.5, 0.6) is 0 Å². The van der Waals surface area contributed by atoms with E-state index in [0.29, 0.717) is 19.6 Å². The van der Waals surface area contributed by atoms with Crippen molar-refractivity contribution in [2.75, 3.05) is 19.8 Å². The van der Waals surface area contributed by atoms with E-state index in [2.05, 4.69) is 0 Å². The topological polar surface area (TPSA) is 44.8 Å². The number of hydrogen-bond acceptors (Lipinski definition) is 4. The number of carbonyl (C=O) groups excluding carboxylic acids is 1. The molecule has 0 N–H and O–H groups in total. The highest BCUT2D eigenvalue weighted by Crippen LogP contribution is 2.14. The Hall–Kier alpha value is -0.610. The van der Waals surface area contributed by atoms with Crippen molar-refractivity contribution in [2.45, 2.75) is 51.7 Å². The Kier molecular flexibility index (Phi) is 6.42. The van der Waals surface area contributed by atoms with Crippen LogP contribution in [0, 0.1) is 0 Å². The summed E-state index contributed by atoms with van der Waals surface area (Å²) >= 11 is 0. The zero-order valence-electron chi connectivity index (χ0n) is 10.2. The van der Waals surface area contributed by atoms with E-state index in [0.717, 1.165) is 25.9 Å². The Balaban J connectivity index is 2.28. The standard InChI is InChI=1S/C12H22O4/c1-3-6-11(12(13)14-4-2)16-9-10-7-5-8-15-10/h10-11H,3-9H2,1-2H3. The summed E-state index contributed by atoms with van der Waals surface area (Å²) in [6.45, 7) is 5.56. The van der Waals surface area contributed by atoms with Crippen LogP contribution >= 0.6 is 0 Å². The van der Waals surface area contributed by atoms with Gasteiger partial charge in [-0.05, 0) is 26.2 Å². The van der Waals surface area contributed by atoms with Gasteiger partial charge in [0.15, 0.2) is 6.10 Å². The van der Waals surface area contributed by atoms with E-state index in [1.54, 1.807) is 6.92 Å². The van der Waals surface area contributed by atoms with E-state index in [4.69, 9.17) is 14.2 Å². The van der Waals surface area contributed by atoms with E-state index >= 15 is 0 Å². The molecule has 0 aliphatic carbocycles. The first-order valence-electron chi connectivity index (χ1n) is 6.17. The zero-order valence-corrected chi connectivity index (χ0v) is 10.2. The molecule has 0 bridgehead atoms. The molecule has 1 saturated heterocycles. The number of ether oxygens (including phenoxy) is 3. The van der Waals surface area contributed by atoms with Gasteiger partial charge in [0.2, 0.25) is 0 Å². The number of carbonyl (C=O) groups is 1. The van der Waals surface area contributed by atoms with Crippen LogP contribution in [0.4, 0.5) is 0 Å². The molecule has 2 atom stereocenters. The summed E-state index contributed by atoms with van der Waals surface area (Å²) in [5, 5.41) is 0. The lowest BCUT2D eigenvalue weighted by atomic mass is 10.2. The Labute approximate surface area is 97.2 Å². The Morgan fingerprint density at radius 2 is 2.31 bits per heavy atom. The molecule has 0 amide bonds. The average Bonchev–Trinajstić information content (AvgIpc) is 2.77. The van der Waals surface area contributed by atoms with Crippen molar-refractivity contribution in [2.24, 2.45) is 0 Å². The molecule has 16 heavy (non-hydrogen) atoms. The molecule has 1 fully saturated rings. The van der Waals surface area contributed by atoms with Crippen LogP contribution in [0.15, 0.2) is 0 Å². The lowest BCUT2D eigenvalue weighted by molar-refractivity contribution is -0.159. The molecular weight excluding hydrogens is 208 g/mol. The molecule has 94 valence electrons. The summed E-state index contributed by atoms with van der Waals surface area (Å²) in [6, 6.07) is 0. The maximum atomic E-state index is 11.5. The van der Waals surface area contributed by atoms with Gasteiger partial charge in [-0.25, -0.2) is 4.79 Å². The zero-order chi connectivity index (χ0) is 11.8. The third-order valence-corrected chi connectivity index (χ3v) is 2.61. The minimum Gasteiger partial charge on any atom is -0.464 e. The maximum Gasteiger partial charge on any atom is 0.335 e. The molecule has 0 aromatic carbocycles. The molecule has 4 heteroatoms. The Bertz CT molecular complexity index is 199. The molecule has 1 rings (SSSR count). The highest BCUT2D eigenvalue weighted by Gasteiger charge is 2.23.